The zero-order chi connectivity index (χ0) is 13.4. The first kappa shape index (κ1) is 11.6. The Morgan fingerprint density at radius 1 is 1.32 bits per heavy atom. The van der Waals surface area contributed by atoms with Crippen molar-refractivity contribution < 1.29 is 4.79 Å². The van der Waals surface area contributed by atoms with Gasteiger partial charge in [-0.3, -0.25) is 9.78 Å². The number of nitrogens with one attached hydrogen (secondary N) is 1. The third-order valence-corrected chi connectivity index (χ3v) is 3.09. The van der Waals surface area contributed by atoms with E-state index in [0.717, 1.165) is 20.8 Å². The molecule has 1 N–H and O–H groups in total. The number of aromatic nitrogens is 3. The average molecular weight is 317 g/mol. The summed E-state index contributed by atoms with van der Waals surface area (Å²) < 4.78 is 0.834. The molecule has 7 nitrogen and oxygen atoms in total. The summed E-state index contributed by atoms with van der Waals surface area (Å²) in [6.45, 7) is 0. The van der Waals surface area contributed by atoms with Gasteiger partial charge in [0.1, 0.15) is 11.3 Å². The van der Waals surface area contributed by atoms with Crippen molar-refractivity contribution in [1.82, 2.24) is 15.0 Å². The monoisotopic (exact) mass is 316 g/mol. The second-order valence-corrected chi connectivity index (χ2v) is 4.70. The molecule has 0 aliphatic carbocycles. The molecule has 0 aromatic carbocycles. The number of hydrogen-bond donors (Lipinski definition) is 1. The van der Waals surface area contributed by atoms with Gasteiger partial charge in [-0.2, -0.15) is 0 Å². The van der Waals surface area contributed by atoms with Crippen molar-refractivity contribution in [3.63, 3.8) is 0 Å². The van der Waals surface area contributed by atoms with Gasteiger partial charge in [0.2, 0.25) is 0 Å². The topological polar surface area (TPSA) is 107 Å². The number of aromatic amines is 1. The highest BCUT2D eigenvalue weighted by Gasteiger charge is 2.10. The lowest BCUT2D eigenvalue weighted by atomic mass is 10.2. The van der Waals surface area contributed by atoms with Crippen LogP contribution in [0.1, 0.15) is 10.5 Å². The highest BCUT2D eigenvalue weighted by Crippen LogP contribution is 2.26. The number of fused-ring (bicyclic) bond motifs is 3. The van der Waals surface area contributed by atoms with Crippen LogP contribution in [0.3, 0.4) is 0 Å². The molecule has 0 fully saturated rings. The third kappa shape index (κ3) is 1.92. The van der Waals surface area contributed by atoms with E-state index in [9.17, 15) is 4.79 Å². The van der Waals surface area contributed by atoms with Crippen LogP contribution in [0.4, 0.5) is 0 Å². The second-order valence-electron chi connectivity index (χ2n) is 3.78. The lowest BCUT2D eigenvalue weighted by Crippen LogP contribution is -1.96. The van der Waals surface area contributed by atoms with Crippen molar-refractivity contribution in [3.05, 3.63) is 45.1 Å². The third-order valence-electron chi connectivity index (χ3n) is 2.66. The smallest absolute Gasteiger partial charge is 0.267 e. The molecular formula is C11H5BrN6O. The molecule has 0 saturated heterocycles. The van der Waals surface area contributed by atoms with E-state index in [4.69, 9.17) is 5.53 Å². The first-order valence-corrected chi connectivity index (χ1v) is 6.01. The quantitative estimate of drug-likeness (QED) is 0.422. The van der Waals surface area contributed by atoms with Gasteiger partial charge in [-0.1, -0.05) is 0 Å². The van der Waals surface area contributed by atoms with Gasteiger partial charge in [-0.15, -0.1) is 0 Å². The standard InChI is InChI=1S/C11H5BrN6O/c12-5-1-7-6-2-8(11(19)17-18-13)14-4-9(6)16-10(7)15-3-5/h1-4H,(H,15,16). The van der Waals surface area contributed by atoms with Crippen molar-refractivity contribution >= 4 is 43.8 Å². The van der Waals surface area contributed by atoms with Crippen LogP contribution in [0, 0.1) is 0 Å². The number of rotatable bonds is 1. The number of carbonyl (C=O) groups excluding carboxylic acids is 1. The summed E-state index contributed by atoms with van der Waals surface area (Å²) in [6.07, 6.45) is 3.20. The molecule has 0 atom stereocenters. The van der Waals surface area contributed by atoms with Crippen LogP contribution in [-0.2, 0) is 0 Å². The first-order chi connectivity index (χ1) is 9.19. The Morgan fingerprint density at radius 3 is 2.95 bits per heavy atom. The van der Waals surface area contributed by atoms with Gasteiger partial charge in [0.25, 0.3) is 5.91 Å². The summed E-state index contributed by atoms with van der Waals surface area (Å²) in [4.78, 5) is 25.2. The molecule has 92 valence electrons. The summed E-state index contributed by atoms with van der Waals surface area (Å²) in [6, 6.07) is 3.47. The average Bonchev–Trinajstić information content (AvgIpc) is 2.76. The van der Waals surface area contributed by atoms with Crippen LogP contribution in [-0.4, -0.2) is 20.9 Å². The highest BCUT2D eigenvalue weighted by atomic mass is 79.9. The summed E-state index contributed by atoms with van der Waals surface area (Å²) >= 11 is 3.35. The van der Waals surface area contributed by atoms with E-state index in [1.165, 1.54) is 6.20 Å². The summed E-state index contributed by atoms with van der Waals surface area (Å²) in [5.74, 6) is -0.707. The van der Waals surface area contributed by atoms with E-state index in [2.05, 4.69) is 40.9 Å². The molecule has 0 aliphatic heterocycles. The Morgan fingerprint density at radius 2 is 2.16 bits per heavy atom. The zero-order valence-electron chi connectivity index (χ0n) is 9.33. The summed E-state index contributed by atoms with van der Waals surface area (Å²) in [5, 5.41) is 4.69. The predicted molar refractivity (Wildman–Crippen MR) is 72.6 cm³/mol. The van der Waals surface area contributed by atoms with E-state index < -0.39 is 5.91 Å². The van der Waals surface area contributed by atoms with Crippen molar-refractivity contribution in [2.24, 2.45) is 5.11 Å². The van der Waals surface area contributed by atoms with Gasteiger partial charge < -0.3 is 4.98 Å². The zero-order valence-corrected chi connectivity index (χ0v) is 10.9. The number of nitrogens with zero attached hydrogens (tertiary/aromatic N) is 5. The van der Waals surface area contributed by atoms with Crippen LogP contribution in [0.25, 0.3) is 32.4 Å². The Hall–Kier alpha value is -2.44. The number of carbonyl (C=O) groups is 1. The van der Waals surface area contributed by atoms with Crippen molar-refractivity contribution in [2.45, 2.75) is 0 Å². The molecule has 8 heteroatoms. The summed E-state index contributed by atoms with van der Waals surface area (Å²) in [5.41, 5.74) is 9.83. The highest BCUT2D eigenvalue weighted by molar-refractivity contribution is 9.10. The molecule has 19 heavy (non-hydrogen) atoms. The minimum absolute atomic E-state index is 0.103. The Kier molecular flexibility index (Phi) is 2.66. The molecule has 0 bridgehead atoms. The number of pyridine rings is 2. The number of halogens is 1. The molecular weight excluding hydrogens is 312 g/mol. The number of amides is 1. The summed E-state index contributed by atoms with van der Waals surface area (Å²) in [7, 11) is 0. The van der Waals surface area contributed by atoms with Crippen LogP contribution in [0.15, 0.2) is 34.1 Å². The molecule has 3 heterocycles. The van der Waals surface area contributed by atoms with E-state index in [0.29, 0.717) is 5.65 Å². The molecule has 3 aromatic heterocycles. The normalized spacial score (nSPS) is 10.6. The SMILES string of the molecule is [N-]=[N+]=NC(=O)c1cc2c(cn1)[nH]c1ncc(Br)cc12. The molecule has 0 radical (unpaired) electrons. The minimum Gasteiger partial charge on any atom is -0.338 e. The van der Waals surface area contributed by atoms with Crippen LogP contribution >= 0.6 is 15.9 Å². The Bertz CT molecular complexity index is 864. The van der Waals surface area contributed by atoms with Gasteiger partial charge in [0.05, 0.1) is 11.7 Å². The van der Waals surface area contributed by atoms with Crippen molar-refractivity contribution in [3.8, 4) is 0 Å². The number of hydrogen-bond acceptors (Lipinski definition) is 3. The maximum Gasteiger partial charge on any atom is 0.267 e. The fourth-order valence-electron chi connectivity index (χ4n) is 1.86. The van der Waals surface area contributed by atoms with Crippen LogP contribution in [0.5, 0.6) is 0 Å². The van der Waals surface area contributed by atoms with Gasteiger partial charge in [-0.05, 0) is 38.7 Å². The van der Waals surface area contributed by atoms with Crippen LogP contribution < -0.4 is 0 Å². The molecule has 0 aliphatic rings. The largest absolute Gasteiger partial charge is 0.338 e. The van der Waals surface area contributed by atoms with E-state index in [1.807, 2.05) is 6.07 Å². The molecule has 3 rings (SSSR count). The molecule has 0 saturated carbocycles. The molecule has 3 aromatic rings. The predicted octanol–water partition coefficient (Wildman–Crippen LogP) is 3.32. The van der Waals surface area contributed by atoms with E-state index >= 15 is 0 Å². The fraction of sp³-hybridized carbons (Fsp3) is 0. The number of H-pyrrole nitrogens is 1. The lowest BCUT2D eigenvalue weighted by molar-refractivity contribution is 0.0996. The Balaban J connectivity index is 2.31. The molecule has 1 amide bonds. The Labute approximate surface area is 114 Å². The van der Waals surface area contributed by atoms with Gasteiger partial charge in [-0.25, -0.2) is 4.98 Å². The second kappa shape index (κ2) is 4.34. The first-order valence-electron chi connectivity index (χ1n) is 5.21. The van der Waals surface area contributed by atoms with Gasteiger partial charge in [0.15, 0.2) is 0 Å². The minimum atomic E-state index is -0.707. The van der Waals surface area contributed by atoms with E-state index in [1.54, 1.807) is 12.3 Å². The van der Waals surface area contributed by atoms with Crippen LogP contribution in [0.2, 0.25) is 0 Å². The maximum atomic E-state index is 11.5. The maximum absolute atomic E-state index is 11.5. The van der Waals surface area contributed by atoms with Gasteiger partial charge >= 0.3 is 0 Å². The van der Waals surface area contributed by atoms with Crippen molar-refractivity contribution in [2.75, 3.05) is 0 Å². The lowest BCUT2D eigenvalue weighted by Gasteiger charge is -1.95. The van der Waals surface area contributed by atoms with E-state index in [-0.39, 0.29) is 5.69 Å². The number of azide groups is 1. The van der Waals surface area contributed by atoms with Crippen molar-refractivity contribution in [1.29, 1.82) is 0 Å². The van der Waals surface area contributed by atoms with Gasteiger partial charge in [0, 0.05) is 26.4 Å². The fourth-order valence-corrected chi connectivity index (χ4v) is 2.19. The molecule has 0 spiro atoms. The molecule has 0 unspecified atom stereocenters.